The van der Waals surface area contributed by atoms with Crippen molar-refractivity contribution in [2.24, 2.45) is 0 Å². The van der Waals surface area contributed by atoms with Crippen molar-refractivity contribution in [2.45, 2.75) is 6.92 Å². The number of nitrogens with one attached hydrogen (secondary N) is 1. The summed E-state index contributed by atoms with van der Waals surface area (Å²) in [5, 5.41) is 2.88. The Bertz CT molecular complexity index is 689. The second-order valence-corrected chi connectivity index (χ2v) is 4.57. The number of Topliss-reactive ketones (excluding diaryl/α,β-unsaturated/α-hetero) is 1. The summed E-state index contributed by atoms with van der Waals surface area (Å²) >= 11 is 0. The summed E-state index contributed by atoms with van der Waals surface area (Å²) in [6, 6.07) is 7.50. The Hall–Kier alpha value is -2.50. The Labute approximate surface area is 125 Å². The fourth-order valence-corrected chi connectivity index (χ4v) is 1.95. The van der Waals surface area contributed by atoms with Gasteiger partial charge in [0.1, 0.15) is 18.2 Å². The Balaban J connectivity index is 1.93. The second-order valence-electron chi connectivity index (χ2n) is 4.57. The van der Waals surface area contributed by atoms with E-state index in [0.717, 1.165) is 12.1 Å². The average molecular weight is 309 g/mol. The average Bonchev–Trinajstić information content (AvgIpc) is 2.47. The van der Waals surface area contributed by atoms with Crippen molar-refractivity contribution in [3.8, 4) is 5.75 Å². The van der Waals surface area contributed by atoms with Gasteiger partial charge in [-0.05, 0) is 31.2 Å². The Morgan fingerprint density at radius 2 is 1.86 bits per heavy atom. The minimum Gasteiger partial charge on any atom is -0.492 e. The topological polar surface area (TPSA) is 38.3 Å². The first-order chi connectivity index (χ1) is 10.5. The van der Waals surface area contributed by atoms with Crippen LogP contribution in [-0.4, -0.2) is 18.9 Å². The van der Waals surface area contributed by atoms with Crippen LogP contribution in [0.2, 0.25) is 0 Å². The number of rotatable bonds is 6. The zero-order valence-corrected chi connectivity index (χ0v) is 11.8. The molecule has 0 radical (unpaired) electrons. The first-order valence-electron chi connectivity index (χ1n) is 6.60. The number of hydrogen-bond donors (Lipinski definition) is 1. The fourth-order valence-electron chi connectivity index (χ4n) is 1.95. The van der Waals surface area contributed by atoms with Gasteiger partial charge in [-0.3, -0.25) is 4.79 Å². The third kappa shape index (κ3) is 3.78. The van der Waals surface area contributed by atoms with Crippen LogP contribution in [0, 0.1) is 17.5 Å². The molecular weight excluding hydrogens is 295 g/mol. The molecule has 116 valence electrons. The Kier molecular flexibility index (Phi) is 5.04. The Morgan fingerprint density at radius 1 is 1.09 bits per heavy atom. The maximum Gasteiger partial charge on any atom is 0.164 e. The quantitative estimate of drug-likeness (QED) is 0.651. The van der Waals surface area contributed by atoms with Gasteiger partial charge in [0.2, 0.25) is 0 Å². The van der Waals surface area contributed by atoms with Gasteiger partial charge in [-0.25, -0.2) is 13.2 Å². The normalized spacial score (nSPS) is 10.4. The van der Waals surface area contributed by atoms with Crippen LogP contribution in [-0.2, 0) is 0 Å². The summed E-state index contributed by atoms with van der Waals surface area (Å²) in [4.78, 5) is 11.4. The number of carbonyl (C=O) groups is 1. The van der Waals surface area contributed by atoms with E-state index in [1.807, 2.05) is 0 Å². The molecule has 0 fully saturated rings. The van der Waals surface area contributed by atoms with Crippen LogP contribution in [0.4, 0.5) is 18.9 Å². The molecule has 0 aliphatic rings. The first-order valence-corrected chi connectivity index (χ1v) is 6.60. The molecule has 2 rings (SSSR count). The fraction of sp³-hybridized carbons (Fsp3) is 0.188. The van der Waals surface area contributed by atoms with E-state index in [4.69, 9.17) is 4.74 Å². The van der Waals surface area contributed by atoms with Crippen molar-refractivity contribution in [1.82, 2.24) is 0 Å². The number of carbonyl (C=O) groups excluding carboxylic acids is 1. The van der Waals surface area contributed by atoms with Gasteiger partial charge in [0.25, 0.3) is 0 Å². The second kappa shape index (κ2) is 6.98. The van der Waals surface area contributed by atoms with E-state index in [2.05, 4.69) is 5.32 Å². The van der Waals surface area contributed by atoms with Gasteiger partial charge in [-0.1, -0.05) is 6.07 Å². The van der Waals surface area contributed by atoms with Crippen molar-refractivity contribution in [1.29, 1.82) is 0 Å². The lowest BCUT2D eigenvalue weighted by Gasteiger charge is -2.12. The summed E-state index contributed by atoms with van der Waals surface area (Å²) in [5.74, 6) is -2.74. The van der Waals surface area contributed by atoms with Crippen LogP contribution in [0.15, 0.2) is 36.4 Å². The van der Waals surface area contributed by atoms with Gasteiger partial charge >= 0.3 is 0 Å². The summed E-state index contributed by atoms with van der Waals surface area (Å²) < 4.78 is 44.6. The van der Waals surface area contributed by atoms with Gasteiger partial charge in [0.05, 0.1) is 5.56 Å². The highest BCUT2D eigenvalue weighted by Crippen LogP contribution is 2.19. The number of ether oxygens (including phenoxy) is 1. The van der Waals surface area contributed by atoms with Crippen LogP contribution >= 0.6 is 0 Å². The minimum atomic E-state index is -0.991. The molecule has 0 bridgehead atoms. The monoisotopic (exact) mass is 309 g/mol. The minimum absolute atomic E-state index is 0.0182. The molecule has 0 unspecified atom stereocenters. The molecule has 0 saturated carbocycles. The van der Waals surface area contributed by atoms with Crippen LogP contribution in [0.25, 0.3) is 0 Å². The standard InChI is InChI=1S/C16H14F3NO2/c1-10(21)16-13(18)3-2-4-15(16)20-7-8-22-11-5-6-12(17)14(19)9-11/h2-6,9,20H,7-8H2,1H3. The predicted octanol–water partition coefficient (Wildman–Crippen LogP) is 3.80. The summed E-state index contributed by atoms with van der Waals surface area (Å²) in [6.07, 6.45) is 0. The number of halogens is 3. The summed E-state index contributed by atoms with van der Waals surface area (Å²) in [5.41, 5.74) is 0.344. The zero-order chi connectivity index (χ0) is 16.1. The highest BCUT2D eigenvalue weighted by atomic mass is 19.2. The molecule has 1 N–H and O–H groups in total. The molecule has 0 spiro atoms. The van der Waals surface area contributed by atoms with Gasteiger partial charge in [-0.2, -0.15) is 0 Å². The highest BCUT2D eigenvalue weighted by Gasteiger charge is 2.12. The van der Waals surface area contributed by atoms with Crippen molar-refractivity contribution < 1.29 is 22.7 Å². The van der Waals surface area contributed by atoms with Gasteiger partial charge in [-0.15, -0.1) is 0 Å². The highest BCUT2D eigenvalue weighted by molar-refractivity contribution is 5.99. The molecule has 0 aromatic heterocycles. The summed E-state index contributed by atoms with van der Waals surface area (Å²) in [6.45, 7) is 1.68. The molecule has 0 aliphatic carbocycles. The van der Waals surface area contributed by atoms with E-state index >= 15 is 0 Å². The molecule has 0 atom stereocenters. The maximum absolute atomic E-state index is 13.6. The first kappa shape index (κ1) is 15.9. The molecule has 0 amide bonds. The largest absolute Gasteiger partial charge is 0.492 e. The van der Waals surface area contributed by atoms with Crippen LogP contribution < -0.4 is 10.1 Å². The zero-order valence-electron chi connectivity index (χ0n) is 11.8. The molecule has 2 aromatic rings. The number of anilines is 1. The summed E-state index contributed by atoms with van der Waals surface area (Å²) in [7, 11) is 0. The third-order valence-corrected chi connectivity index (χ3v) is 2.94. The van der Waals surface area contributed by atoms with Crippen molar-refractivity contribution >= 4 is 11.5 Å². The molecule has 0 saturated heterocycles. The number of hydrogen-bond acceptors (Lipinski definition) is 3. The maximum atomic E-state index is 13.6. The van der Waals surface area contributed by atoms with E-state index < -0.39 is 17.5 Å². The van der Waals surface area contributed by atoms with Gasteiger partial charge < -0.3 is 10.1 Å². The van der Waals surface area contributed by atoms with E-state index in [-0.39, 0.29) is 30.2 Å². The Morgan fingerprint density at radius 3 is 2.55 bits per heavy atom. The SMILES string of the molecule is CC(=O)c1c(F)cccc1NCCOc1ccc(F)c(F)c1. The van der Waals surface area contributed by atoms with Crippen LogP contribution in [0.5, 0.6) is 5.75 Å². The molecule has 2 aromatic carbocycles. The predicted molar refractivity (Wildman–Crippen MR) is 76.7 cm³/mol. The van der Waals surface area contributed by atoms with E-state index in [0.29, 0.717) is 5.69 Å². The molecule has 22 heavy (non-hydrogen) atoms. The van der Waals surface area contributed by atoms with Crippen molar-refractivity contribution in [3.05, 3.63) is 59.4 Å². The van der Waals surface area contributed by atoms with Gasteiger partial charge in [0, 0.05) is 18.3 Å². The molecule has 0 aliphatic heterocycles. The smallest absolute Gasteiger partial charge is 0.164 e. The number of ketones is 1. The van der Waals surface area contributed by atoms with E-state index in [1.165, 1.54) is 25.1 Å². The van der Waals surface area contributed by atoms with E-state index in [9.17, 15) is 18.0 Å². The molecule has 3 nitrogen and oxygen atoms in total. The van der Waals surface area contributed by atoms with Crippen molar-refractivity contribution in [3.63, 3.8) is 0 Å². The molecule has 0 heterocycles. The lowest BCUT2D eigenvalue weighted by molar-refractivity contribution is 0.101. The lowest BCUT2D eigenvalue weighted by atomic mass is 10.1. The number of benzene rings is 2. The van der Waals surface area contributed by atoms with Gasteiger partial charge in [0.15, 0.2) is 17.4 Å². The van der Waals surface area contributed by atoms with Crippen LogP contribution in [0.3, 0.4) is 0 Å². The molecular formula is C16H14F3NO2. The lowest BCUT2D eigenvalue weighted by Crippen LogP contribution is -2.14. The van der Waals surface area contributed by atoms with Crippen LogP contribution in [0.1, 0.15) is 17.3 Å². The van der Waals surface area contributed by atoms with Crippen molar-refractivity contribution in [2.75, 3.05) is 18.5 Å². The third-order valence-electron chi connectivity index (χ3n) is 2.94. The molecule has 6 heteroatoms. The van der Waals surface area contributed by atoms with E-state index in [1.54, 1.807) is 6.07 Å².